The minimum absolute atomic E-state index is 0.00137. The fraction of sp³-hybridized carbons (Fsp3) is 0.320. The van der Waals surface area contributed by atoms with Gasteiger partial charge in [0.05, 0.1) is 5.69 Å². The van der Waals surface area contributed by atoms with Crippen LogP contribution in [0.15, 0.2) is 53.2 Å². The van der Waals surface area contributed by atoms with Crippen LogP contribution in [0.3, 0.4) is 0 Å². The smallest absolute Gasteiger partial charge is 0.283 e. The Morgan fingerprint density at radius 2 is 1.75 bits per heavy atom. The molecule has 0 bridgehead atoms. The lowest BCUT2D eigenvalue weighted by Crippen LogP contribution is -2.36. The summed E-state index contributed by atoms with van der Waals surface area (Å²) in [6.45, 7) is 3.79. The first kappa shape index (κ1) is 22.1. The average Bonchev–Trinajstić information content (AvgIpc) is 2.98. The van der Waals surface area contributed by atoms with Crippen molar-refractivity contribution >= 4 is 40.7 Å². The third-order valence-electron chi connectivity index (χ3n) is 5.95. The SMILES string of the molecule is Cc1ccc(N2C(=O)C(Cl)=C(Nc3cccc(C(=O)NC4CCCCC4)c3)C2=O)c(C)c1. The molecule has 1 heterocycles. The zero-order chi connectivity index (χ0) is 22.8. The van der Waals surface area contributed by atoms with E-state index in [9.17, 15) is 14.4 Å². The van der Waals surface area contributed by atoms with E-state index in [-0.39, 0.29) is 22.7 Å². The number of nitrogens with one attached hydrogen (secondary N) is 2. The van der Waals surface area contributed by atoms with Gasteiger partial charge in [0, 0.05) is 17.3 Å². The van der Waals surface area contributed by atoms with E-state index in [1.807, 2.05) is 26.0 Å². The molecule has 1 fully saturated rings. The van der Waals surface area contributed by atoms with E-state index in [1.54, 1.807) is 30.3 Å². The summed E-state index contributed by atoms with van der Waals surface area (Å²) in [4.78, 5) is 39.6. The van der Waals surface area contributed by atoms with E-state index in [2.05, 4.69) is 10.6 Å². The van der Waals surface area contributed by atoms with Gasteiger partial charge in [0.2, 0.25) is 0 Å². The molecule has 3 amide bonds. The topological polar surface area (TPSA) is 78.5 Å². The summed E-state index contributed by atoms with van der Waals surface area (Å²) < 4.78 is 0. The molecular formula is C25H26ClN3O3. The maximum Gasteiger partial charge on any atom is 0.283 e. The maximum absolute atomic E-state index is 13.1. The fourth-order valence-corrected chi connectivity index (χ4v) is 4.50. The standard InChI is InChI=1S/C25H26ClN3O3/c1-15-11-12-20(16(2)13-15)29-24(31)21(26)22(25(29)32)27-19-10-6-7-17(14-19)23(30)28-18-8-4-3-5-9-18/h6-7,10-14,18,27H,3-5,8-9H2,1-2H3,(H,28,30). The molecule has 1 aliphatic heterocycles. The highest BCUT2D eigenvalue weighted by Crippen LogP contribution is 2.32. The van der Waals surface area contributed by atoms with Crippen LogP contribution >= 0.6 is 11.6 Å². The van der Waals surface area contributed by atoms with Crippen LogP contribution in [0.4, 0.5) is 11.4 Å². The minimum atomic E-state index is -0.572. The molecule has 2 aromatic carbocycles. The number of carbonyl (C=O) groups excluding carboxylic acids is 3. The second kappa shape index (κ2) is 9.17. The molecule has 0 spiro atoms. The second-order valence-corrected chi connectivity index (χ2v) is 8.82. The van der Waals surface area contributed by atoms with Crippen molar-refractivity contribution in [1.29, 1.82) is 0 Å². The van der Waals surface area contributed by atoms with Gasteiger partial charge in [0.15, 0.2) is 0 Å². The summed E-state index contributed by atoms with van der Waals surface area (Å²) in [5, 5.41) is 5.87. The maximum atomic E-state index is 13.1. The van der Waals surface area contributed by atoms with Gasteiger partial charge in [-0.15, -0.1) is 0 Å². The molecular weight excluding hydrogens is 426 g/mol. The number of hydrogen-bond acceptors (Lipinski definition) is 4. The molecule has 0 saturated heterocycles. The second-order valence-electron chi connectivity index (χ2n) is 8.44. The summed E-state index contributed by atoms with van der Waals surface area (Å²) in [7, 11) is 0. The Balaban J connectivity index is 1.52. The van der Waals surface area contributed by atoms with E-state index in [4.69, 9.17) is 11.6 Å². The molecule has 32 heavy (non-hydrogen) atoms. The van der Waals surface area contributed by atoms with Crippen molar-refractivity contribution in [2.45, 2.75) is 52.0 Å². The van der Waals surface area contributed by atoms with Crippen LogP contribution in [0.1, 0.15) is 53.6 Å². The number of carbonyl (C=O) groups is 3. The van der Waals surface area contributed by atoms with Gasteiger partial charge >= 0.3 is 0 Å². The number of amides is 3. The van der Waals surface area contributed by atoms with Gasteiger partial charge in [-0.25, -0.2) is 4.90 Å². The Labute approximate surface area is 192 Å². The van der Waals surface area contributed by atoms with E-state index in [0.717, 1.165) is 41.7 Å². The molecule has 2 aliphatic rings. The average molecular weight is 452 g/mol. The molecule has 6 nitrogen and oxygen atoms in total. The van der Waals surface area contributed by atoms with E-state index in [0.29, 0.717) is 16.9 Å². The first-order valence-electron chi connectivity index (χ1n) is 10.9. The van der Waals surface area contributed by atoms with Gasteiger partial charge in [-0.1, -0.05) is 54.6 Å². The molecule has 0 radical (unpaired) electrons. The predicted octanol–water partition coefficient (Wildman–Crippen LogP) is 4.80. The Bertz CT molecular complexity index is 1120. The van der Waals surface area contributed by atoms with Crippen molar-refractivity contribution in [1.82, 2.24) is 5.32 Å². The molecule has 2 aromatic rings. The molecule has 1 saturated carbocycles. The van der Waals surface area contributed by atoms with Gasteiger partial charge in [0.1, 0.15) is 10.7 Å². The van der Waals surface area contributed by atoms with E-state index < -0.39 is 11.8 Å². The minimum Gasteiger partial charge on any atom is -0.350 e. The summed E-state index contributed by atoms with van der Waals surface area (Å²) >= 11 is 6.26. The lowest BCUT2D eigenvalue weighted by Gasteiger charge is -2.22. The molecule has 166 valence electrons. The number of nitrogens with zero attached hydrogens (tertiary/aromatic N) is 1. The van der Waals surface area contributed by atoms with Crippen molar-refractivity contribution in [2.75, 3.05) is 10.2 Å². The van der Waals surface area contributed by atoms with E-state index >= 15 is 0 Å². The zero-order valence-corrected chi connectivity index (χ0v) is 19.0. The van der Waals surface area contributed by atoms with Crippen molar-refractivity contribution < 1.29 is 14.4 Å². The molecule has 2 N–H and O–H groups in total. The third kappa shape index (κ3) is 4.41. The number of anilines is 2. The van der Waals surface area contributed by atoms with Crippen LogP contribution < -0.4 is 15.5 Å². The molecule has 0 unspecified atom stereocenters. The summed E-state index contributed by atoms with van der Waals surface area (Å²) in [6, 6.07) is 12.5. The third-order valence-corrected chi connectivity index (χ3v) is 6.31. The highest BCUT2D eigenvalue weighted by Gasteiger charge is 2.39. The molecule has 4 rings (SSSR count). The Kier molecular flexibility index (Phi) is 6.33. The van der Waals surface area contributed by atoms with Crippen LogP contribution in [-0.2, 0) is 9.59 Å². The van der Waals surface area contributed by atoms with Gasteiger partial charge in [-0.2, -0.15) is 0 Å². The van der Waals surface area contributed by atoms with Crippen LogP contribution in [0.25, 0.3) is 0 Å². The number of aryl methyl sites for hydroxylation is 2. The Morgan fingerprint density at radius 1 is 1.00 bits per heavy atom. The highest BCUT2D eigenvalue weighted by molar-refractivity contribution is 6.53. The number of hydrogen-bond donors (Lipinski definition) is 2. The van der Waals surface area contributed by atoms with Crippen LogP contribution in [0.2, 0.25) is 0 Å². The summed E-state index contributed by atoms with van der Waals surface area (Å²) in [5.41, 5.74) is 3.34. The number of benzene rings is 2. The van der Waals surface area contributed by atoms with Crippen LogP contribution in [-0.4, -0.2) is 23.8 Å². The van der Waals surface area contributed by atoms with Crippen LogP contribution in [0.5, 0.6) is 0 Å². The lowest BCUT2D eigenvalue weighted by molar-refractivity contribution is -0.120. The Morgan fingerprint density at radius 3 is 2.47 bits per heavy atom. The normalized spacial score (nSPS) is 17.2. The highest BCUT2D eigenvalue weighted by atomic mass is 35.5. The van der Waals surface area contributed by atoms with Gasteiger partial charge in [-0.3, -0.25) is 14.4 Å². The monoisotopic (exact) mass is 451 g/mol. The summed E-state index contributed by atoms with van der Waals surface area (Å²) in [5.74, 6) is -1.24. The number of halogens is 1. The van der Waals surface area contributed by atoms with Crippen molar-refractivity contribution in [3.63, 3.8) is 0 Å². The van der Waals surface area contributed by atoms with Crippen molar-refractivity contribution in [2.24, 2.45) is 0 Å². The Hall–Kier alpha value is -3.12. The molecule has 0 atom stereocenters. The lowest BCUT2D eigenvalue weighted by atomic mass is 9.95. The van der Waals surface area contributed by atoms with Gasteiger partial charge in [0.25, 0.3) is 17.7 Å². The van der Waals surface area contributed by atoms with Gasteiger partial charge < -0.3 is 10.6 Å². The number of imide groups is 1. The van der Waals surface area contributed by atoms with E-state index in [1.165, 1.54) is 6.42 Å². The number of rotatable bonds is 5. The fourth-order valence-electron chi connectivity index (χ4n) is 4.28. The zero-order valence-electron chi connectivity index (χ0n) is 18.2. The first-order valence-corrected chi connectivity index (χ1v) is 11.3. The van der Waals surface area contributed by atoms with Gasteiger partial charge in [-0.05, 0) is 56.5 Å². The van der Waals surface area contributed by atoms with Crippen LogP contribution in [0, 0.1) is 13.8 Å². The largest absolute Gasteiger partial charge is 0.350 e. The van der Waals surface area contributed by atoms with Crippen molar-refractivity contribution in [3.05, 3.63) is 69.9 Å². The molecule has 1 aliphatic carbocycles. The quantitative estimate of drug-likeness (QED) is 0.640. The molecule has 7 heteroatoms. The first-order chi connectivity index (χ1) is 15.3. The summed E-state index contributed by atoms with van der Waals surface area (Å²) in [6.07, 6.45) is 5.47. The predicted molar refractivity (Wildman–Crippen MR) is 126 cm³/mol. The van der Waals surface area contributed by atoms with Crippen molar-refractivity contribution in [3.8, 4) is 0 Å². The molecule has 0 aromatic heterocycles.